The summed E-state index contributed by atoms with van der Waals surface area (Å²) in [6.07, 6.45) is 2.65. The minimum absolute atomic E-state index is 0.0227. The number of alkyl halides is 1. The number of aromatic nitrogens is 1. The van der Waals surface area contributed by atoms with Crippen molar-refractivity contribution in [3.05, 3.63) is 65.1 Å². The molecule has 0 aliphatic carbocycles. The number of piperidine rings is 1. The largest absolute Gasteiger partial charge is 0.497 e. The Balaban J connectivity index is 1.35. The number of hydrogen-bond acceptors (Lipinski definition) is 6. The van der Waals surface area contributed by atoms with E-state index in [1.165, 1.54) is 13.3 Å². The zero-order valence-corrected chi connectivity index (χ0v) is 21.2. The predicted octanol–water partition coefficient (Wildman–Crippen LogP) is 5.10. The van der Waals surface area contributed by atoms with Gasteiger partial charge >= 0.3 is 0 Å². The third-order valence-electron chi connectivity index (χ3n) is 7.49. The van der Waals surface area contributed by atoms with E-state index in [9.17, 15) is 27.8 Å². The molecule has 10 heteroatoms. The van der Waals surface area contributed by atoms with Crippen LogP contribution in [-0.4, -0.2) is 60.1 Å². The molecule has 2 heterocycles. The highest BCUT2D eigenvalue weighted by atomic mass is 19.1. The smallest absolute Gasteiger partial charge is 0.190 e. The van der Waals surface area contributed by atoms with Gasteiger partial charge in [0.15, 0.2) is 17.4 Å². The average molecular weight is 537 g/mol. The summed E-state index contributed by atoms with van der Waals surface area (Å²) in [5.74, 6) is -3.20. The number of aliphatic hydroxyl groups is 2. The molecule has 0 unspecified atom stereocenters. The number of pyridine rings is 1. The van der Waals surface area contributed by atoms with E-state index in [2.05, 4.69) is 9.88 Å². The van der Waals surface area contributed by atoms with Gasteiger partial charge in [0, 0.05) is 42.4 Å². The Morgan fingerprint density at radius 1 is 1.11 bits per heavy atom. The van der Waals surface area contributed by atoms with Gasteiger partial charge in [0.1, 0.15) is 24.8 Å². The lowest BCUT2D eigenvalue weighted by molar-refractivity contribution is 0.0201. The molecule has 1 fully saturated rings. The molecular weight excluding hydrogens is 504 g/mol. The molecule has 4 rings (SSSR count). The van der Waals surface area contributed by atoms with Gasteiger partial charge in [0.05, 0.1) is 18.7 Å². The first kappa shape index (κ1) is 28.1. The number of likely N-dealkylation sites (tertiary alicyclic amines) is 1. The van der Waals surface area contributed by atoms with Crippen LogP contribution in [-0.2, 0) is 6.67 Å². The van der Waals surface area contributed by atoms with Crippen LogP contribution in [0.3, 0.4) is 0 Å². The molecule has 206 valence electrons. The first-order valence-electron chi connectivity index (χ1n) is 12.6. The van der Waals surface area contributed by atoms with Gasteiger partial charge in [-0.15, -0.1) is 0 Å². The molecule has 1 saturated heterocycles. The van der Waals surface area contributed by atoms with E-state index in [4.69, 9.17) is 9.47 Å². The summed E-state index contributed by atoms with van der Waals surface area (Å²) in [6, 6.07) is 6.41. The maximum atomic E-state index is 13.8. The normalized spacial score (nSPS) is 16.5. The van der Waals surface area contributed by atoms with Gasteiger partial charge in [0.2, 0.25) is 0 Å². The van der Waals surface area contributed by atoms with Crippen molar-refractivity contribution in [2.24, 2.45) is 5.41 Å². The molecule has 2 N–H and O–H groups in total. The fourth-order valence-corrected chi connectivity index (χ4v) is 5.13. The Morgan fingerprint density at radius 2 is 1.82 bits per heavy atom. The maximum Gasteiger partial charge on any atom is 0.190 e. The number of benzene rings is 2. The Labute approximate surface area is 218 Å². The molecule has 0 amide bonds. The SMILES string of the molecule is COc1ccc2ncc(CF)c([C@H](O)CCC3(CO)CCN(CCOc4c(F)cc(F)cc4F)CC3)c2c1. The lowest BCUT2D eigenvalue weighted by atomic mass is 9.74. The summed E-state index contributed by atoms with van der Waals surface area (Å²) in [4.78, 5) is 6.36. The second-order valence-electron chi connectivity index (χ2n) is 9.82. The van der Waals surface area contributed by atoms with Gasteiger partial charge in [-0.05, 0) is 68.0 Å². The minimum atomic E-state index is -1.09. The summed E-state index contributed by atoms with van der Waals surface area (Å²) >= 11 is 0. The van der Waals surface area contributed by atoms with Crippen LogP contribution in [0.4, 0.5) is 17.6 Å². The first-order valence-corrected chi connectivity index (χ1v) is 12.6. The van der Waals surface area contributed by atoms with Gasteiger partial charge < -0.3 is 19.7 Å². The van der Waals surface area contributed by atoms with E-state index in [-0.39, 0.29) is 13.2 Å². The van der Waals surface area contributed by atoms with Crippen molar-refractivity contribution >= 4 is 10.9 Å². The Hall–Kier alpha value is -2.95. The number of rotatable bonds is 11. The second kappa shape index (κ2) is 12.3. The zero-order valence-electron chi connectivity index (χ0n) is 21.2. The minimum Gasteiger partial charge on any atom is -0.497 e. The third-order valence-corrected chi connectivity index (χ3v) is 7.49. The van der Waals surface area contributed by atoms with Crippen LogP contribution in [0.1, 0.15) is 42.9 Å². The number of fused-ring (bicyclic) bond motifs is 1. The topological polar surface area (TPSA) is 75.0 Å². The molecule has 6 nitrogen and oxygen atoms in total. The summed E-state index contributed by atoms with van der Waals surface area (Å²) < 4.78 is 64.9. The van der Waals surface area contributed by atoms with Gasteiger partial charge in [-0.25, -0.2) is 17.6 Å². The number of halogens is 4. The average Bonchev–Trinajstić information content (AvgIpc) is 2.92. The van der Waals surface area contributed by atoms with E-state index in [1.807, 2.05) is 0 Å². The van der Waals surface area contributed by atoms with E-state index in [0.29, 0.717) is 85.2 Å². The van der Waals surface area contributed by atoms with Crippen molar-refractivity contribution in [3.8, 4) is 11.5 Å². The molecule has 2 aromatic carbocycles. The molecular formula is C28H32F4N2O4. The number of hydrogen-bond donors (Lipinski definition) is 2. The first-order chi connectivity index (χ1) is 18.3. The van der Waals surface area contributed by atoms with Gasteiger partial charge in [0.25, 0.3) is 0 Å². The van der Waals surface area contributed by atoms with Crippen molar-refractivity contribution in [1.29, 1.82) is 0 Å². The van der Waals surface area contributed by atoms with Crippen molar-refractivity contribution in [3.63, 3.8) is 0 Å². The molecule has 3 aromatic rings. The van der Waals surface area contributed by atoms with Crippen molar-refractivity contribution in [2.45, 2.75) is 38.5 Å². The fraction of sp³-hybridized carbons (Fsp3) is 0.464. The predicted molar refractivity (Wildman–Crippen MR) is 134 cm³/mol. The van der Waals surface area contributed by atoms with Crippen molar-refractivity contribution in [2.75, 3.05) is 40.0 Å². The van der Waals surface area contributed by atoms with Crippen LogP contribution < -0.4 is 9.47 Å². The molecule has 1 atom stereocenters. The van der Waals surface area contributed by atoms with E-state index in [1.54, 1.807) is 18.2 Å². The highest BCUT2D eigenvalue weighted by Crippen LogP contribution is 2.40. The van der Waals surface area contributed by atoms with E-state index >= 15 is 0 Å². The Morgan fingerprint density at radius 3 is 2.45 bits per heavy atom. The summed E-state index contributed by atoms with van der Waals surface area (Å²) in [5, 5.41) is 22.0. The van der Waals surface area contributed by atoms with Crippen LogP contribution >= 0.6 is 0 Å². The van der Waals surface area contributed by atoms with Gasteiger partial charge in [-0.1, -0.05) is 0 Å². The third kappa shape index (κ3) is 6.19. The van der Waals surface area contributed by atoms with Crippen molar-refractivity contribution < 1.29 is 37.2 Å². The Bertz CT molecular complexity index is 1220. The van der Waals surface area contributed by atoms with Crippen molar-refractivity contribution in [1.82, 2.24) is 9.88 Å². The molecule has 1 aliphatic rings. The second-order valence-corrected chi connectivity index (χ2v) is 9.82. The summed E-state index contributed by atoms with van der Waals surface area (Å²) in [5.41, 5.74) is 1.02. The molecule has 38 heavy (non-hydrogen) atoms. The lowest BCUT2D eigenvalue weighted by Gasteiger charge is -2.41. The molecule has 1 aliphatic heterocycles. The molecule has 1 aromatic heterocycles. The summed E-state index contributed by atoms with van der Waals surface area (Å²) in [6.45, 7) is 0.858. The molecule has 0 spiro atoms. The van der Waals surface area contributed by atoms with Gasteiger partial charge in [-0.2, -0.15) is 0 Å². The van der Waals surface area contributed by atoms with Crippen LogP contribution in [0.25, 0.3) is 10.9 Å². The van der Waals surface area contributed by atoms with Crippen LogP contribution in [0.2, 0.25) is 0 Å². The fourth-order valence-electron chi connectivity index (χ4n) is 5.13. The molecule has 0 bridgehead atoms. The zero-order chi connectivity index (χ0) is 27.3. The number of methoxy groups -OCH3 is 1. The molecule has 0 saturated carbocycles. The van der Waals surface area contributed by atoms with Crippen LogP contribution in [0.15, 0.2) is 36.5 Å². The standard InChI is InChI=1S/C28H32F4N2O4/c1-37-20-2-3-24-21(14-20)26(18(15-29)16-33-24)25(36)4-5-28(17-35)6-8-34(9-7-28)10-11-38-27-22(31)12-19(30)13-23(27)32/h2-3,12-14,16,25,35-36H,4-11,15,17H2,1H3/t25-/m1/s1. The molecule has 0 radical (unpaired) electrons. The highest BCUT2D eigenvalue weighted by molar-refractivity contribution is 5.85. The lowest BCUT2D eigenvalue weighted by Crippen LogP contribution is -2.43. The number of aliphatic hydroxyl groups excluding tert-OH is 2. The van der Waals surface area contributed by atoms with Crippen LogP contribution in [0.5, 0.6) is 11.5 Å². The van der Waals surface area contributed by atoms with Gasteiger partial charge in [-0.3, -0.25) is 9.88 Å². The Kier molecular flexibility index (Phi) is 9.07. The van der Waals surface area contributed by atoms with Crippen LogP contribution in [0, 0.1) is 22.9 Å². The van der Waals surface area contributed by atoms with E-state index in [0.717, 1.165) is 0 Å². The quantitative estimate of drug-likeness (QED) is 0.333. The van der Waals surface area contributed by atoms with E-state index < -0.39 is 41.4 Å². The monoisotopic (exact) mass is 536 g/mol. The number of ether oxygens (including phenoxy) is 2. The summed E-state index contributed by atoms with van der Waals surface area (Å²) in [7, 11) is 1.53. The highest BCUT2D eigenvalue weighted by Gasteiger charge is 2.35. The number of nitrogens with zero attached hydrogens (tertiary/aromatic N) is 2. The maximum absolute atomic E-state index is 13.8.